The Morgan fingerprint density at radius 2 is 1.70 bits per heavy atom. The van der Waals surface area contributed by atoms with Crippen molar-refractivity contribution in [3.63, 3.8) is 0 Å². The number of amides is 1. The number of fused-ring (bicyclic) bond motifs is 6. The second-order valence-electron chi connectivity index (χ2n) is 9.50. The van der Waals surface area contributed by atoms with Gasteiger partial charge < -0.3 is 10.2 Å². The number of hydrogen-bond donors (Lipinski definition) is 1. The van der Waals surface area contributed by atoms with Gasteiger partial charge in [-0.2, -0.15) is 0 Å². The molecule has 180 valence electrons. The summed E-state index contributed by atoms with van der Waals surface area (Å²) in [5.41, 5.74) is 2.34. The first kappa shape index (κ1) is 21.9. The molecule has 6 nitrogen and oxygen atoms in total. The summed E-state index contributed by atoms with van der Waals surface area (Å²) in [7, 11) is 0. The SMILES string of the molecule is O=C(c1cccs1)C1C(C(=O)c2ccncc2)C2(C(=O)Nc3ccccc32)C2C=Cc3ccccc3N12. The molecule has 2 aromatic carbocycles. The molecule has 1 spiro atoms. The van der Waals surface area contributed by atoms with E-state index in [0.29, 0.717) is 16.1 Å². The lowest BCUT2D eigenvalue weighted by Crippen LogP contribution is -2.51. The van der Waals surface area contributed by atoms with Crippen LogP contribution in [0.5, 0.6) is 0 Å². The Labute approximate surface area is 217 Å². The summed E-state index contributed by atoms with van der Waals surface area (Å²) < 4.78 is 0. The summed E-state index contributed by atoms with van der Waals surface area (Å²) in [4.78, 5) is 49.7. The van der Waals surface area contributed by atoms with Gasteiger partial charge in [-0.1, -0.05) is 54.6 Å². The smallest absolute Gasteiger partial charge is 0.238 e. The highest BCUT2D eigenvalue weighted by Crippen LogP contribution is 2.58. The third-order valence-electron chi connectivity index (χ3n) is 7.82. The van der Waals surface area contributed by atoms with Crippen LogP contribution in [0.25, 0.3) is 6.08 Å². The number of benzene rings is 2. The predicted octanol–water partition coefficient (Wildman–Crippen LogP) is 5.00. The third kappa shape index (κ3) is 2.92. The molecule has 1 saturated heterocycles. The Hall–Kier alpha value is -4.36. The topological polar surface area (TPSA) is 79.4 Å². The van der Waals surface area contributed by atoms with Gasteiger partial charge >= 0.3 is 0 Å². The molecule has 4 aromatic rings. The van der Waals surface area contributed by atoms with Gasteiger partial charge in [0.15, 0.2) is 11.6 Å². The Morgan fingerprint density at radius 1 is 0.919 bits per heavy atom. The number of anilines is 2. The van der Waals surface area contributed by atoms with E-state index in [-0.39, 0.29) is 17.5 Å². The monoisotopic (exact) mass is 503 g/mol. The van der Waals surface area contributed by atoms with E-state index in [1.165, 1.54) is 11.3 Å². The van der Waals surface area contributed by atoms with E-state index in [4.69, 9.17) is 0 Å². The lowest BCUT2D eigenvalue weighted by atomic mass is 9.64. The van der Waals surface area contributed by atoms with Crippen LogP contribution in [0.1, 0.15) is 31.2 Å². The Bertz CT molecular complexity index is 1600. The summed E-state index contributed by atoms with van der Waals surface area (Å²) in [5.74, 6) is -1.63. The number of thiophene rings is 1. The van der Waals surface area contributed by atoms with Gasteiger partial charge in [0.25, 0.3) is 0 Å². The fourth-order valence-electron chi connectivity index (χ4n) is 6.38. The van der Waals surface area contributed by atoms with Crippen molar-refractivity contribution in [1.82, 2.24) is 4.98 Å². The lowest BCUT2D eigenvalue weighted by Gasteiger charge is -2.37. The molecule has 3 aliphatic heterocycles. The van der Waals surface area contributed by atoms with Gasteiger partial charge in [-0.25, -0.2) is 0 Å². The van der Waals surface area contributed by atoms with E-state index in [1.54, 1.807) is 30.6 Å². The zero-order valence-corrected chi connectivity index (χ0v) is 20.4. The zero-order chi connectivity index (χ0) is 25.1. The number of nitrogens with zero attached hydrogens (tertiary/aromatic N) is 2. The number of rotatable bonds is 4. The zero-order valence-electron chi connectivity index (χ0n) is 19.6. The number of ketones is 2. The summed E-state index contributed by atoms with van der Waals surface area (Å²) in [6, 6.07) is 20.9. The maximum atomic E-state index is 14.5. The highest BCUT2D eigenvalue weighted by Gasteiger charge is 2.70. The van der Waals surface area contributed by atoms with Crippen LogP contribution in [0.3, 0.4) is 0 Å². The van der Waals surface area contributed by atoms with E-state index in [9.17, 15) is 14.4 Å². The van der Waals surface area contributed by atoms with E-state index < -0.39 is 23.4 Å². The summed E-state index contributed by atoms with van der Waals surface area (Å²) in [6.45, 7) is 0. The molecule has 1 N–H and O–H groups in total. The molecule has 7 heteroatoms. The largest absolute Gasteiger partial charge is 0.352 e. The van der Waals surface area contributed by atoms with Crippen molar-refractivity contribution >= 4 is 46.3 Å². The minimum Gasteiger partial charge on any atom is -0.352 e. The molecule has 0 radical (unpaired) electrons. The molecule has 1 amide bonds. The number of hydrogen-bond acceptors (Lipinski definition) is 6. The minimum atomic E-state index is -1.29. The van der Waals surface area contributed by atoms with Crippen LogP contribution in [0.15, 0.2) is 96.6 Å². The van der Waals surface area contributed by atoms with Gasteiger partial charge in [0.2, 0.25) is 5.91 Å². The van der Waals surface area contributed by atoms with E-state index in [0.717, 1.165) is 16.8 Å². The molecular weight excluding hydrogens is 482 g/mol. The van der Waals surface area contributed by atoms with Crippen LogP contribution in [-0.4, -0.2) is 34.5 Å². The lowest BCUT2D eigenvalue weighted by molar-refractivity contribution is -0.121. The average Bonchev–Trinajstić information content (AvgIpc) is 3.65. The number of carbonyl (C=O) groups excluding carboxylic acids is 3. The van der Waals surface area contributed by atoms with E-state index in [2.05, 4.69) is 10.3 Å². The fourth-order valence-corrected chi connectivity index (χ4v) is 7.08. The molecule has 4 unspecified atom stereocenters. The third-order valence-corrected chi connectivity index (χ3v) is 8.71. The van der Waals surface area contributed by atoms with Gasteiger partial charge in [-0.3, -0.25) is 19.4 Å². The van der Waals surface area contributed by atoms with Crippen molar-refractivity contribution < 1.29 is 14.4 Å². The van der Waals surface area contributed by atoms with Crippen molar-refractivity contribution in [2.45, 2.75) is 17.5 Å². The summed E-state index contributed by atoms with van der Waals surface area (Å²) >= 11 is 1.35. The van der Waals surface area contributed by atoms with Crippen molar-refractivity contribution in [2.24, 2.45) is 5.92 Å². The number of pyridine rings is 1. The maximum absolute atomic E-state index is 14.5. The first-order chi connectivity index (χ1) is 18.1. The molecular formula is C30H21N3O3S. The van der Waals surface area contributed by atoms with Gasteiger partial charge in [0.05, 0.1) is 16.8 Å². The molecule has 4 atom stereocenters. The summed E-state index contributed by atoms with van der Waals surface area (Å²) in [5, 5.41) is 4.90. The Morgan fingerprint density at radius 3 is 2.51 bits per heavy atom. The van der Waals surface area contributed by atoms with Crippen molar-refractivity contribution in [1.29, 1.82) is 0 Å². The minimum absolute atomic E-state index is 0.161. The van der Waals surface area contributed by atoms with Gasteiger partial charge in [-0.05, 0) is 46.8 Å². The summed E-state index contributed by atoms with van der Waals surface area (Å²) in [6.07, 6.45) is 7.11. The molecule has 3 aliphatic rings. The second kappa shape index (κ2) is 8.08. The van der Waals surface area contributed by atoms with Crippen LogP contribution in [0, 0.1) is 5.92 Å². The van der Waals surface area contributed by atoms with Crippen molar-refractivity contribution in [2.75, 3.05) is 10.2 Å². The standard InChI is InChI=1S/C30H21N3O3S/c34-27(19-13-15-31-16-14-19)25-26(28(35)23-10-5-17-37-23)33-22-9-4-1-6-18(22)11-12-24(33)30(25)20-7-2-3-8-21(20)32-29(30)36/h1-17,24-26H,(H,32,36). The van der Waals surface area contributed by atoms with Crippen LogP contribution in [0.2, 0.25) is 0 Å². The quantitative estimate of drug-likeness (QED) is 0.397. The number of nitrogens with one attached hydrogen (secondary N) is 1. The van der Waals surface area contributed by atoms with Crippen LogP contribution in [0.4, 0.5) is 11.4 Å². The van der Waals surface area contributed by atoms with E-state index in [1.807, 2.05) is 77.0 Å². The predicted molar refractivity (Wildman–Crippen MR) is 143 cm³/mol. The first-order valence-corrected chi connectivity index (χ1v) is 13.0. The highest BCUT2D eigenvalue weighted by molar-refractivity contribution is 7.12. The molecule has 1 fully saturated rings. The van der Waals surface area contributed by atoms with Crippen LogP contribution < -0.4 is 10.2 Å². The molecule has 0 aliphatic carbocycles. The number of carbonyl (C=O) groups is 3. The number of Topliss-reactive ketones (excluding diaryl/α,β-unsaturated/α-hetero) is 2. The molecule has 5 heterocycles. The van der Waals surface area contributed by atoms with Gasteiger partial charge in [-0.15, -0.1) is 11.3 Å². The molecule has 7 rings (SSSR count). The van der Waals surface area contributed by atoms with Crippen LogP contribution in [-0.2, 0) is 10.2 Å². The van der Waals surface area contributed by atoms with E-state index >= 15 is 0 Å². The first-order valence-electron chi connectivity index (χ1n) is 12.1. The average molecular weight is 504 g/mol. The highest BCUT2D eigenvalue weighted by atomic mass is 32.1. The Balaban J connectivity index is 1.55. The van der Waals surface area contributed by atoms with Gasteiger partial charge in [0, 0.05) is 29.3 Å². The fraction of sp³-hybridized carbons (Fsp3) is 0.133. The van der Waals surface area contributed by atoms with Gasteiger partial charge in [0.1, 0.15) is 11.5 Å². The molecule has 0 saturated carbocycles. The molecule has 37 heavy (non-hydrogen) atoms. The maximum Gasteiger partial charge on any atom is 0.238 e. The normalized spacial score (nSPS) is 24.9. The van der Waals surface area contributed by atoms with Crippen molar-refractivity contribution in [3.05, 3.63) is 118 Å². The molecule has 0 bridgehead atoms. The Kier molecular flexibility index (Phi) is 4.78. The number of aromatic nitrogens is 1. The second-order valence-corrected chi connectivity index (χ2v) is 10.5. The van der Waals surface area contributed by atoms with Crippen molar-refractivity contribution in [3.8, 4) is 0 Å². The van der Waals surface area contributed by atoms with Crippen LogP contribution >= 0.6 is 11.3 Å². The number of para-hydroxylation sites is 2. The molecule has 2 aromatic heterocycles.